The van der Waals surface area contributed by atoms with Gasteiger partial charge >= 0.3 is 0 Å². The van der Waals surface area contributed by atoms with Crippen LogP contribution in [0.4, 0.5) is 0 Å². The highest BCUT2D eigenvalue weighted by Crippen LogP contribution is 2.16. The summed E-state index contributed by atoms with van der Waals surface area (Å²) in [7, 11) is 0. The number of unbranched alkanes of at least 4 members (excludes halogenated alkanes) is 1. The van der Waals surface area contributed by atoms with Gasteiger partial charge in [-0.05, 0) is 55.7 Å². The van der Waals surface area contributed by atoms with Gasteiger partial charge in [0.2, 0.25) is 0 Å². The third-order valence-corrected chi connectivity index (χ3v) is 4.47. The maximum atomic E-state index is 4.63. The topological polar surface area (TPSA) is 36.4 Å². The Kier molecular flexibility index (Phi) is 8.75. The van der Waals surface area contributed by atoms with Gasteiger partial charge in [-0.3, -0.25) is 0 Å². The number of thiophene rings is 1. The summed E-state index contributed by atoms with van der Waals surface area (Å²) in [6, 6.07) is 2.15. The molecular weight excluding hydrogens is 274 g/mol. The lowest BCUT2D eigenvalue weighted by Crippen LogP contribution is -2.37. The summed E-state index contributed by atoms with van der Waals surface area (Å²) in [6.45, 7) is 6.91. The van der Waals surface area contributed by atoms with Crippen molar-refractivity contribution in [3.05, 3.63) is 21.9 Å². The molecule has 0 unspecified atom stereocenters. The van der Waals surface area contributed by atoms with Crippen molar-refractivity contribution in [1.29, 1.82) is 0 Å². The largest absolute Gasteiger partial charge is 0.357 e. The average molecular weight is 300 g/mol. The Bertz CT molecular complexity index is 375. The molecule has 0 spiro atoms. The molecule has 0 atom stereocenters. The van der Waals surface area contributed by atoms with Crippen LogP contribution in [0.15, 0.2) is 16.4 Å². The van der Waals surface area contributed by atoms with Gasteiger partial charge in [-0.1, -0.05) is 0 Å². The number of rotatable bonds is 8. The van der Waals surface area contributed by atoms with Gasteiger partial charge < -0.3 is 10.6 Å². The fraction of sp³-hybridized carbons (Fsp3) is 0.643. The van der Waals surface area contributed by atoms with E-state index < -0.39 is 0 Å². The summed E-state index contributed by atoms with van der Waals surface area (Å²) < 4.78 is 0. The van der Waals surface area contributed by atoms with Crippen LogP contribution in [-0.4, -0.2) is 31.1 Å². The number of thioether (sulfide) groups is 1. The lowest BCUT2D eigenvalue weighted by atomic mass is 10.3. The molecule has 0 aliphatic carbocycles. The van der Waals surface area contributed by atoms with E-state index >= 15 is 0 Å². The summed E-state index contributed by atoms with van der Waals surface area (Å²) in [5, 5.41) is 8.82. The molecule has 0 amide bonds. The minimum atomic E-state index is 0.768. The van der Waals surface area contributed by atoms with Crippen LogP contribution in [-0.2, 0) is 6.54 Å². The second-order valence-corrected chi connectivity index (χ2v) is 6.33. The van der Waals surface area contributed by atoms with E-state index in [4.69, 9.17) is 0 Å². The number of guanidine groups is 1. The van der Waals surface area contributed by atoms with Crippen LogP contribution >= 0.6 is 23.1 Å². The molecule has 0 fully saturated rings. The van der Waals surface area contributed by atoms with Gasteiger partial charge in [-0.15, -0.1) is 11.3 Å². The minimum Gasteiger partial charge on any atom is -0.357 e. The van der Waals surface area contributed by atoms with E-state index in [1.54, 1.807) is 11.3 Å². The Morgan fingerprint density at radius 3 is 2.84 bits per heavy atom. The number of hydrogen-bond donors (Lipinski definition) is 2. The highest BCUT2D eigenvalue weighted by Gasteiger charge is 2.00. The van der Waals surface area contributed by atoms with Crippen LogP contribution < -0.4 is 10.6 Å². The summed E-state index contributed by atoms with van der Waals surface area (Å²) >= 11 is 3.69. The maximum absolute atomic E-state index is 4.63. The van der Waals surface area contributed by atoms with Gasteiger partial charge in [-0.25, -0.2) is 4.99 Å². The second-order valence-electron chi connectivity index (χ2n) is 4.35. The lowest BCUT2D eigenvalue weighted by Gasteiger charge is -2.10. The molecule has 0 saturated carbocycles. The third kappa shape index (κ3) is 6.87. The van der Waals surface area contributed by atoms with Crippen molar-refractivity contribution in [3.63, 3.8) is 0 Å². The minimum absolute atomic E-state index is 0.768. The first kappa shape index (κ1) is 16.4. The number of nitrogens with one attached hydrogen (secondary N) is 2. The van der Waals surface area contributed by atoms with Crippen molar-refractivity contribution < 1.29 is 0 Å². The number of hydrogen-bond acceptors (Lipinski definition) is 3. The van der Waals surface area contributed by atoms with Gasteiger partial charge in [-0.2, -0.15) is 11.8 Å². The molecule has 1 heterocycles. The molecule has 1 aromatic rings. The van der Waals surface area contributed by atoms with Crippen molar-refractivity contribution in [1.82, 2.24) is 10.6 Å². The molecule has 0 saturated heterocycles. The Morgan fingerprint density at radius 2 is 2.21 bits per heavy atom. The lowest BCUT2D eigenvalue weighted by molar-refractivity contribution is 0.734. The molecule has 0 radical (unpaired) electrons. The van der Waals surface area contributed by atoms with Gasteiger partial charge in [0.15, 0.2) is 5.96 Å². The smallest absolute Gasteiger partial charge is 0.191 e. The monoisotopic (exact) mass is 299 g/mol. The van der Waals surface area contributed by atoms with Crippen LogP contribution in [0.5, 0.6) is 0 Å². The predicted octanol–water partition coefficient (Wildman–Crippen LogP) is 3.25. The number of aryl methyl sites for hydroxylation is 1. The molecule has 0 bridgehead atoms. The van der Waals surface area contributed by atoms with Crippen LogP contribution in [0, 0.1) is 6.92 Å². The fourth-order valence-corrected chi connectivity index (χ4v) is 2.96. The van der Waals surface area contributed by atoms with E-state index in [2.05, 4.69) is 47.2 Å². The molecule has 19 heavy (non-hydrogen) atoms. The second kappa shape index (κ2) is 10.1. The zero-order chi connectivity index (χ0) is 13.9. The molecule has 0 aliphatic heterocycles. The highest BCUT2D eigenvalue weighted by atomic mass is 32.2. The van der Waals surface area contributed by atoms with E-state index in [0.29, 0.717) is 0 Å². The Balaban J connectivity index is 2.36. The Morgan fingerprint density at radius 1 is 1.37 bits per heavy atom. The molecule has 1 aromatic heterocycles. The maximum Gasteiger partial charge on any atom is 0.191 e. The summed E-state index contributed by atoms with van der Waals surface area (Å²) in [5.74, 6) is 2.17. The van der Waals surface area contributed by atoms with Crippen LogP contribution in [0.1, 0.15) is 30.2 Å². The molecule has 3 nitrogen and oxygen atoms in total. The van der Waals surface area contributed by atoms with Crippen molar-refractivity contribution in [3.8, 4) is 0 Å². The van der Waals surface area contributed by atoms with Crippen molar-refractivity contribution in [2.45, 2.75) is 33.2 Å². The molecule has 108 valence electrons. The molecular formula is C14H25N3S2. The Hall–Kier alpha value is -0.680. The van der Waals surface area contributed by atoms with Gasteiger partial charge in [0.05, 0.1) is 6.54 Å². The van der Waals surface area contributed by atoms with E-state index in [9.17, 15) is 0 Å². The van der Waals surface area contributed by atoms with E-state index in [0.717, 1.165) is 25.6 Å². The van der Waals surface area contributed by atoms with E-state index in [-0.39, 0.29) is 0 Å². The molecule has 0 aliphatic rings. The standard InChI is InChI=1S/C14H25N3S2/c1-4-15-14(16-8-5-6-9-18-3)17-11-13-12(2)7-10-19-13/h7,10H,4-6,8-9,11H2,1-3H3,(H2,15,16,17). The van der Waals surface area contributed by atoms with Crippen LogP contribution in [0.3, 0.4) is 0 Å². The van der Waals surface area contributed by atoms with Gasteiger partial charge in [0.25, 0.3) is 0 Å². The first-order valence-corrected chi connectivity index (χ1v) is 9.09. The normalized spacial score (nSPS) is 11.6. The summed E-state index contributed by atoms with van der Waals surface area (Å²) in [4.78, 5) is 5.98. The molecule has 5 heteroatoms. The van der Waals surface area contributed by atoms with Crippen molar-refractivity contribution >= 4 is 29.1 Å². The summed E-state index contributed by atoms with van der Waals surface area (Å²) in [5.41, 5.74) is 1.34. The zero-order valence-corrected chi connectivity index (χ0v) is 13.8. The van der Waals surface area contributed by atoms with Crippen molar-refractivity contribution in [2.75, 3.05) is 25.1 Å². The first-order chi connectivity index (χ1) is 9.27. The van der Waals surface area contributed by atoms with E-state index in [1.165, 1.54) is 29.0 Å². The number of aliphatic imine (C=N–C) groups is 1. The SMILES string of the molecule is CCNC(=NCc1sccc1C)NCCCCSC. The van der Waals surface area contributed by atoms with Gasteiger partial charge in [0.1, 0.15) is 0 Å². The average Bonchev–Trinajstić information content (AvgIpc) is 2.81. The predicted molar refractivity (Wildman–Crippen MR) is 89.5 cm³/mol. The van der Waals surface area contributed by atoms with Crippen molar-refractivity contribution in [2.24, 2.45) is 4.99 Å². The van der Waals surface area contributed by atoms with E-state index in [1.807, 2.05) is 11.8 Å². The highest BCUT2D eigenvalue weighted by molar-refractivity contribution is 7.98. The molecule has 2 N–H and O–H groups in total. The fourth-order valence-electron chi connectivity index (χ4n) is 1.64. The summed E-state index contributed by atoms with van der Waals surface area (Å²) in [6.07, 6.45) is 4.61. The molecule has 1 rings (SSSR count). The third-order valence-electron chi connectivity index (χ3n) is 2.76. The zero-order valence-electron chi connectivity index (χ0n) is 12.2. The Labute approximate surface area is 125 Å². The first-order valence-electron chi connectivity index (χ1n) is 6.82. The van der Waals surface area contributed by atoms with Crippen LogP contribution in [0.2, 0.25) is 0 Å². The van der Waals surface area contributed by atoms with Gasteiger partial charge in [0, 0.05) is 18.0 Å². The van der Waals surface area contributed by atoms with Crippen LogP contribution in [0.25, 0.3) is 0 Å². The molecule has 0 aromatic carbocycles. The quantitative estimate of drug-likeness (QED) is 0.439. The number of nitrogens with zero attached hydrogens (tertiary/aromatic N) is 1.